The van der Waals surface area contributed by atoms with Crippen LogP contribution >= 0.6 is 0 Å². The molecular weight excluding hydrogens is 216 g/mol. The minimum absolute atomic E-state index is 0.0865. The van der Waals surface area contributed by atoms with Crippen LogP contribution in [0.5, 0.6) is 0 Å². The van der Waals surface area contributed by atoms with Crippen molar-refractivity contribution in [3.05, 3.63) is 35.4 Å². The van der Waals surface area contributed by atoms with Gasteiger partial charge in [0.1, 0.15) is 0 Å². The molecule has 0 aliphatic carbocycles. The molecule has 2 atom stereocenters. The first-order valence-electron chi connectivity index (χ1n) is 5.88. The van der Waals surface area contributed by atoms with Gasteiger partial charge in [-0.25, -0.2) is 4.79 Å². The number of hydrogen-bond donors (Lipinski definition) is 1. The fourth-order valence-electron chi connectivity index (χ4n) is 1.67. The molecule has 1 rings (SSSR count). The number of rotatable bonds is 5. The Balaban J connectivity index is 3.11. The SMILES string of the molecule is CCC(C)OC(C)(C(=O)O)c1cccc(C)c1. The molecule has 0 radical (unpaired) electrons. The third-order valence-corrected chi connectivity index (χ3v) is 2.99. The number of carboxylic acids is 1. The summed E-state index contributed by atoms with van der Waals surface area (Å²) in [6.45, 7) is 7.41. The smallest absolute Gasteiger partial charge is 0.340 e. The quantitative estimate of drug-likeness (QED) is 0.854. The molecule has 94 valence electrons. The molecule has 0 fully saturated rings. The molecule has 0 heterocycles. The molecule has 1 aromatic rings. The van der Waals surface area contributed by atoms with Crippen LogP contribution in [0.2, 0.25) is 0 Å². The van der Waals surface area contributed by atoms with Crippen LogP contribution in [-0.4, -0.2) is 17.2 Å². The normalized spacial score (nSPS) is 16.2. The summed E-state index contributed by atoms with van der Waals surface area (Å²) in [5.41, 5.74) is 0.439. The van der Waals surface area contributed by atoms with Crippen LogP contribution in [0.4, 0.5) is 0 Å². The zero-order chi connectivity index (χ0) is 13.1. The molecular formula is C14H20O3. The second-order valence-corrected chi connectivity index (χ2v) is 4.54. The monoisotopic (exact) mass is 236 g/mol. The highest BCUT2D eigenvalue weighted by Gasteiger charge is 2.37. The number of benzene rings is 1. The minimum Gasteiger partial charge on any atom is -0.479 e. The summed E-state index contributed by atoms with van der Waals surface area (Å²) in [5.74, 6) is -0.955. The molecule has 1 N–H and O–H groups in total. The summed E-state index contributed by atoms with van der Waals surface area (Å²) < 4.78 is 5.69. The Hall–Kier alpha value is -1.35. The third-order valence-electron chi connectivity index (χ3n) is 2.99. The van der Waals surface area contributed by atoms with E-state index in [4.69, 9.17) is 4.74 Å². The second-order valence-electron chi connectivity index (χ2n) is 4.54. The highest BCUT2D eigenvalue weighted by molar-refractivity contribution is 5.79. The molecule has 0 saturated carbocycles. The number of hydrogen-bond acceptors (Lipinski definition) is 2. The van der Waals surface area contributed by atoms with Gasteiger partial charge in [0.05, 0.1) is 6.10 Å². The van der Waals surface area contributed by atoms with Crippen molar-refractivity contribution in [1.29, 1.82) is 0 Å². The molecule has 0 aliphatic heterocycles. The average Bonchev–Trinajstić information content (AvgIpc) is 2.28. The Labute approximate surface area is 102 Å². The average molecular weight is 236 g/mol. The van der Waals surface area contributed by atoms with Crippen molar-refractivity contribution in [3.63, 3.8) is 0 Å². The maximum absolute atomic E-state index is 11.5. The van der Waals surface area contributed by atoms with Gasteiger partial charge in [-0.2, -0.15) is 0 Å². The number of ether oxygens (including phenoxy) is 1. The lowest BCUT2D eigenvalue weighted by atomic mass is 9.94. The molecule has 0 aromatic heterocycles. The minimum atomic E-state index is -1.28. The molecule has 0 amide bonds. The number of aliphatic carboxylic acids is 1. The summed E-state index contributed by atoms with van der Waals surface area (Å²) >= 11 is 0. The van der Waals surface area contributed by atoms with Gasteiger partial charge >= 0.3 is 5.97 Å². The van der Waals surface area contributed by atoms with Gasteiger partial charge in [-0.1, -0.05) is 36.8 Å². The van der Waals surface area contributed by atoms with E-state index in [0.717, 1.165) is 12.0 Å². The standard InChI is InChI=1S/C14H20O3/c1-5-11(3)17-14(4,13(15)16)12-8-6-7-10(2)9-12/h6-9,11H,5H2,1-4H3,(H,15,16). The third kappa shape index (κ3) is 3.07. The van der Waals surface area contributed by atoms with Gasteiger partial charge in [0, 0.05) is 0 Å². The van der Waals surface area contributed by atoms with E-state index in [-0.39, 0.29) is 6.10 Å². The van der Waals surface area contributed by atoms with E-state index in [1.807, 2.05) is 39.0 Å². The summed E-state index contributed by atoms with van der Waals surface area (Å²) in [6, 6.07) is 7.45. The predicted molar refractivity (Wildman–Crippen MR) is 67.0 cm³/mol. The molecule has 0 aliphatic rings. The van der Waals surface area contributed by atoms with Crippen molar-refractivity contribution in [2.45, 2.75) is 45.8 Å². The van der Waals surface area contributed by atoms with Gasteiger partial charge in [-0.15, -0.1) is 0 Å². The molecule has 3 heteroatoms. The van der Waals surface area contributed by atoms with Gasteiger partial charge < -0.3 is 9.84 Å². The lowest BCUT2D eigenvalue weighted by molar-refractivity contribution is -0.172. The topological polar surface area (TPSA) is 46.5 Å². The van der Waals surface area contributed by atoms with E-state index in [1.165, 1.54) is 0 Å². The maximum Gasteiger partial charge on any atom is 0.340 e. The summed E-state index contributed by atoms with van der Waals surface area (Å²) in [5, 5.41) is 9.40. The fraction of sp³-hybridized carbons (Fsp3) is 0.500. The van der Waals surface area contributed by atoms with Crippen LogP contribution < -0.4 is 0 Å². The first-order chi connectivity index (χ1) is 7.90. The van der Waals surface area contributed by atoms with Gasteiger partial charge in [-0.3, -0.25) is 0 Å². The zero-order valence-electron chi connectivity index (χ0n) is 10.9. The van der Waals surface area contributed by atoms with Crippen molar-refractivity contribution in [3.8, 4) is 0 Å². The van der Waals surface area contributed by atoms with Crippen LogP contribution in [0.3, 0.4) is 0 Å². The van der Waals surface area contributed by atoms with E-state index in [9.17, 15) is 9.90 Å². The first kappa shape index (κ1) is 13.7. The number of carboxylic acid groups (broad SMARTS) is 1. The summed E-state index contributed by atoms with van der Waals surface area (Å²) in [7, 11) is 0. The lowest BCUT2D eigenvalue weighted by Gasteiger charge is -2.29. The fourth-order valence-corrected chi connectivity index (χ4v) is 1.67. The molecule has 3 nitrogen and oxygen atoms in total. The molecule has 0 spiro atoms. The molecule has 17 heavy (non-hydrogen) atoms. The second kappa shape index (κ2) is 5.32. The summed E-state index contributed by atoms with van der Waals surface area (Å²) in [4.78, 5) is 11.5. The van der Waals surface area contributed by atoms with Crippen LogP contribution in [0.25, 0.3) is 0 Å². The van der Waals surface area contributed by atoms with Crippen LogP contribution in [0.15, 0.2) is 24.3 Å². The Morgan fingerprint density at radius 2 is 2.18 bits per heavy atom. The number of aryl methyl sites for hydroxylation is 1. The van der Waals surface area contributed by atoms with Crippen LogP contribution in [0.1, 0.15) is 38.3 Å². The Morgan fingerprint density at radius 1 is 1.53 bits per heavy atom. The molecule has 0 bridgehead atoms. The largest absolute Gasteiger partial charge is 0.479 e. The van der Waals surface area contributed by atoms with E-state index in [0.29, 0.717) is 5.56 Å². The Bertz CT molecular complexity index is 400. The molecule has 0 saturated heterocycles. The lowest BCUT2D eigenvalue weighted by Crippen LogP contribution is -2.38. The van der Waals surface area contributed by atoms with Crippen molar-refractivity contribution < 1.29 is 14.6 Å². The van der Waals surface area contributed by atoms with Gasteiger partial charge in [0.15, 0.2) is 5.60 Å². The number of carbonyl (C=O) groups is 1. The highest BCUT2D eigenvalue weighted by Crippen LogP contribution is 2.28. The van der Waals surface area contributed by atoms with Crippen molar-refractivity contribution in [1.82, 2.24) is 0 Å². The van der Waals surface area contributed by atoms with Crippen molar-refractivity contribution in [2.24, 2.45) is 0 Å². The maximum atomic E-state index is 11.5. The van der Waals surface area contributed by atoms with Gasteiger partial charge in [0.2, 0.25) is 0 Å². The Kier molecular flexibility index (Phi) is 4.29. The predicted octanol–water partition coefficient (Wildman–Crippen LogP) is 3.11. The van der Waals surface area contributed by atoms with E-state index >= 15 is 0 Å². The molecule has 1 aromatic carbocycles. The van der Waals surface area contributed by atoms with E-state index in [2.05, 4.69) is 0 Å². The molecule has 2 unspecified atom stereocenters. The van der Waals surface area contributed by atoms with E-state index in [1.54, 1.807) is 13.0 Å². The summed E-state index contributed by atoms with van der Waals surface area (Å²) in [6.07, 6.45) is 0.700. The Morgan fingerprint density at radius 3 is 2.65 bits per heavy atom. The van der Waals surface area contributed by atoms with Crippen molar-refractivity contribution in [2.75, 3.05) is 0 Å². The van der Waals surface area contributed by atoms with E-state index < -0.39 is 11.6 Å². The first-order valence-corrected chi connectivity index (χ1v) is 5.88. The zero-order valence-corrected chi connectivity index (χ0v) is 10.9. The van der Waals surface area contributed by atoms with Crippen LogP contribution in [-0.2, 0) is 15.1 Å². The highest BCUT2D eigenvalue weighted by atomic mass is 16.5. The van der Waals surface area contributed by atoms with Crippen molar-refractivity contribution >= 4 is 5.97 Å². The van der Waals surface area contributed by atoms with Gasteiger partial charge in [-0.05, 0) is 32.8 Å². The van der Waals surface area contributed by atoms with Gasteiger partial charge in [0.25, 0.3) is 0 Å². The van der Waals surface area contributed by atoms with Crippen LogP contribution in [0, 0.1) is 6.92 Å².